The first-order valence-corrected chi connectivity index (χ1v) is 10.8. The van der Waals surface area contributed by atoms with E-state index in [0.29, 0.717) is 39.9 Å². The number of aromatic nitrogens is 2. The zero-order valence-electron chi connectivity index (χ0n) is 17.2. The number of thioether (sulfide) groups is 1. The average Bonchev–Trinajstić information content (AvgIpc) is 2.75. The molecule has 1 amide bonds. The molecular formula is C23H22FN5OS. The molecule has 1 unspecified atom stereocenters. The van der Waals surface area contributed by atoms with Crippen LogP contribution in [0.4, 0.5) is 10.1 Å². The van der Waals surface area contributed by atoms with Gasteiger partial charge in [0.1, 0.15) is 5.82 Å². The summed E-state index contributed by atoms with van der Waals surface area (Å²) in [5.74, 6) is 0.571. The molecular weight excluding hydrogens is 413 g/mol. The van der Waals surface area contributed by atoms with Crippen LogP contribution >= 0.6 is 11.8 Å². The van der Waals surface area contributed by atoms with E-state index < -0.39 is 5.54 Å². The first-order valence-electron chi connectivity index (χ1n) is 9.84. The first-order chi connectivity index (χ1) is 14.9. The highest BCUT2D eigenvalue weighted by atomic mass is 32.2. The fourth-order valence-electron chi connectivity index (χ4n) is 3.51. The number of aliphatic imine (C=N–C) groups is 1. The molecule has 3 N–H and O–H groups in total. The minimum absolute atomic E-state index is 0.355. The molecule has 4 rings (SSSR count). The minimum atomic E-state index is -0.767. The van der Waals surface area contributed by atoms with Crippen molar-refractivity contribution in [1.29, 1.82) is 0 Å². The number of amides is 1. The summed E-state index contributed by atoms with van der Waals surface area (Å²) >= 11 is 1.46. The number of hydrogen-bond donors (Lipinski definition) is 2. The van der Waals surface area contributed by atoms with Crippen LogP contribution in [0.25, 0.3) is 11.4 Å². The van der Waals surface area contributed by atoms with Crippen molar-refractivity contribution in [1.82, 2.24) is 9.97 Å². The standard InChI is InChI=1S/C23H22FN5OS/c1-14-17(13-26-20(27-14)15-6-4-3-5-7-15)21(30)28-16-8-9-19(24)18(12-16)23(2)10-11-31-22(25)29-23/h3-9,12-13H,10-11H2,1-2H3,(H2,25,29)(H,28,30). The monoisotopic (exact) mass is 435 g/mol. The molecule has 3 aromatic rings. The van der Waals surface area contributed by atoms with Crippen molar-refractivity contribution in [3.05, 3.63) is 77.4 Å². The van der Waals surface area contributed by atoms with Crippen molar-refractivity contribution in [3.8, 4) is 11.4 Å². The third kappa shape index (κ3) is 4.44. The van der Waals surface area contributed by atoms with E-state index in [1.54, 1.807) is 13.0 Å². The second-order valence-corrected chi connectivity index (χ2v) is 8.65. The van der Waals surface area contributed by atoms with Crippen molar-refractivity contribution >= 4 is 28.5 Å². The number of halogens is 1. The lowest BCUT2D eigenvalue weighted by atomic mass is 9.89. The highest BCUT2D eigenvalue weighted by molar-refractivity contribution is 8.13. The van der Waals surface area contributed by atoms with Crippen LogP contribution in [0.15, 0.2) is 59.7 Å². The van der Waals surface area contributed by atoms with E-state index in [2.05, 4.69) is 20.3 Å². The molecule has 158 valence electrons. The van der Waals surface area contributed by atoms with Gasteiger partial charge in [-0.2, -0.15) is 0 Å². The summed E-state index contributed by atoms with van der Waals surface area (Å²) in [6, 6.07) is 14.0. The van der Waals surface area contributed by atoms with E-state index >= 15 is 0 Å². The fraction of sp³-hybridized carbons (Fsp3) is 0.217. The topological polar surface area (TPSA) is 93.3 Å². The van der Waals surface area contributed by atoms with Gasteiger partial charge in [-0.05, 0) is 38.5 Å². The van der Waals surface area contributed by atoms with Crippen LogP contribution in [0.2, 0.25) is 0 Å². The smallest absolute Gasteiger partial charge is 0.259 e. The zero-order chi connectivity index (χ0) is 22.0. The third-order valence-corrected chi connectivity index (χ3v) is 6.05. The molecule has 0 fully saturated rings. The molecule has 0 bridgehead atoms. The van der Waals surface area contributed by atoms with Crippen LogP contribution in [-0.4, -0.2) is 26.8 Å². The number of amidine groups is 1. The van der Waals surface area contributed by atoms with Crippen LogP contribution < -0.4 is 11.1 Å². The summed E-state index contributed by atoms with van der Waals surface area (Å²) in [6.45, 7) is 3.61. The molecule has 2 aromatic carbocycles. The second-order valence-electron chi connectivity index (χ2n) is 7.53. The Bertz CT molecular complexity index is 1170. The van der Waals surface area contributed by atoms with Crippen LogP contribution in [0, 0.1) is 12.7 Å². The van der Waals surface area contributed by atoms with E-state index in [-0.39, 0.29) is 11.7 Å². The Kier molecular flexibility index (Phi) is 5.73. The minimum Gasteiger partial charge on any atom is -0.379 e. The highest BCUT2D eigenvalue weighted by Gasteiger charge is 2.32. The first kappa shape index (κ1) is 21.0. The number of carbonyl (C=O) groups is 1. The number of nitrogens with one attached hydrogen (secondary N) is 1. The summed E-state index contributed by atoms with van der Waals surface area (Å²) in [5, 5.41) is 3.26. The molecule has 1 atom stereocenters. The van der Waals surface area contributed by atoms with E-state index in [0.717, 1.165) is 11.3 Å². The molecule has 0 spiro atoms. The molecule has 0 saturated carbocycles. The van der Waals surface area contributed by atoms with Crippen LogP contribution in [0.1, 0.15) is 35.0 Å². The lowest BCUT2D eigenvalue weighted by Gasteiger charge is -2.30. The van der Waals surface area contributed by atoms with Gasteiger partial charge in [-0.1, -0.05) is 42.1 Å². The molecule has 1 aliphatic heterocycles. The van der Waals surface area contributed by atoms with Crippen LogP contribution in [0.5, 0.6) is 0 Å². The molecule has 0 aliphatic carbocycles. The number of nitrogens with two attached hydrogens (primary N) is 1. The maximum absolute atomic E-state index is 14.6. The number of carbonyl (C=O) groups excluding carboxylic acids is 1. The summed E-state index contributed by atoms with van der Waals surface area (Å²) in [6.07, 6.45) is 2.16. The second kappa shape index (κ2) is 8.47. The van der Waals surface area contributed by atoms with Gasteiger partial charge in [0, 0.05) is 28.8 Å². The number of nitrogens with zero attached hydrogens (tertiary/aromatic N) is 3. The Hall–Kier alpha value is -3.26. The average molecular weight is 436 g/mol. The van der Waals surface area contributed by atoms with Gasteiger partial charge in [0.15, 0.2) is 11.0 Å². The van der Waals surface area contributed by atoms with E-state index in [1.807, 2.05) is 37.3 Å². The van der Waals surface area contributed by atoms with Crippen molar-refractivity contribution in [2.45, 2.75) is 25.8 Å². The Morgan fingerprint density at radius 2 is 2.00 bits per heavy atom. The van der Waals surface area contributed by atoms with Crippen molar-refractivity contribution in [2.24, 2.45) is 10.7 Å². The Morgan fingerprint density at radius 1 is 1.23 bits per heavy atom. The van der Waals surface area contributed by atoms with E-state index in [4.69, 9.17) is 5.73 Å². The lowest BCUT2D eigenvalue weighted by molar-refractivity contribution is 0.102. The molecule has 1 aliphatic rings. The van der Waals surface area contributed by atoms with E-state index in [1.165, 1.54) is 30.1 Å². The quantitative estimate of drug-likeness (QED) is 0.629. The number of anilines is 1. The molecule has 31 heavy (non-hydrogen) atoms. The molecule has 0 radical (unpaired) electrons. The SMILES string of the molecule is Cc1nc(-c2ccccc2)ncc1C(=O)Nc1ccc(F)c(C2(C)CCSC(N)=N2)c1. The summed E-state index contributed by atoms with van der Waals surface area (Å²) in [4.78, 5) is 26.1. The van der Waals surface area contributed by atoms with Gasteiger partial charge in [0.2, 0.25) is 0 Å². The maximum Gasteiger partial charge on any atom is 0.259 e. The van der Waals surface area contributed by atoms with Gasteiger partial charge in [-0.3, -0.25) is 9.79 Å². The van der Waals surface area contributed by atoms with Gasteiger partial charge in [-0.15, -0.1) is 0 Å². The van der Waals surface area contributed by atoms with Gasteiger partial charge >= 0.3 is 0 Å². The normalized spacial score (nSPS) is 18.4. The summed E-state index contributed by atoms with van der Waals surface area (Å²) < 4.78 is 14.6. The predicted molar refractivity (Wildman–Crippen MR) is 123 cm³/mol. The number of rotatable bonds is 4. The third-order valence-electron chi connectivity index (χ3n) is 5.26. The van der Waals surface area contributed by atoms with Gasteiger partial charge in [-0.25, -0.2) is 14.4 Å². The fourth-order valence-corrected chi connectivity index (χ4v) is 4.49. The van der Waals surface area contributed by atoms with E-state index in [9.17, 15) is 9.18 Å². The molecule has 0 saturated heterocycles. The Morgan fingerprint density at radius 3 is 2.71 bits per heavy atom. The predicted octanol–water partition coefficient (Wildman–Crippen LogP) is 4.51. The molecule has 1 aromatic heterocycles. The van der Waals surface area contributed by atoms with Crippen molar-refractivity contribution in [2.75, 3.05) is 11.1 Å². The molecule has 6 nitrogen and oxygen atoms in total. The zero-order valence-corrected chi connectivity index (χ0v) is 18.0. The number of benzene rings is 2. The largest absolute Gasteiger partial charge is 0.379 e. The summed E-state index contributed by atoms with van der Waals surface area (Å²) in [7, 11) is 0. The van der Waals surface area contributed by atoms with Crippen molar-refractivity contribution < 1.29 is 9.18 Å². The summed E-state index contributed by atoms with van der Waals surface area (Å²) in [5.41, 5.74) is 7.77. The molecule has 8 heteroatoms. The van der Waals surface area contributed by atoms with Crippen LogP contribution in [0.3, 0.4) is 0 Å². The Labute approximate surface area is 184 Å². The van der Waals surface area contributed by atoms with Gasteiger partial charge < -0.3 is 11.1 Å². The molecule has 2 heterocycles. The van der Waals surface area contributed by atoms with Crippen molar-refractivity contribution in [3.63, 3.8) is 0 Å². The lowest BCUT2D eigenvalue weighted by Crippen LogP contribution is -2.29. The highest BCUT2D eigenvalue weighted by Crippen LogP contribution is 2.37. The van der Waals surface area contributed by atoms with Crippen LogP contribution in [-0.2, 0) is 5.54 Å². The number of hydrogen-bond acceptors (Lipinski definition) is 6. The van der Waals surface area contributed by atoms with Gasteiger partial charge in [0.05, 0.1) is 16.8 Å². The Balaban J connectivity index is 1.59. The van der Waals surface area contributed by atoms with Gasteiger partial charge in [0.25, 0.3) is 5.91 Å². The maximum atomic E-state index is 14.6. The number of aryl methyl sites for hydroxylation is 1.